The highest BCUT2D eigenvalue weighted by molar-refractivity contribution is 6.29. The van der Waals surface area contributed by atoms with Crippen LogP contribution in [0.1, 0.15) is 27.9 Å². The average Bonchev–Trinajstić information content (AvgIpc) is 3.25. The van der Waals surface area contributed by atoms with Crippen LogP contribution in [0.2, 0.25) is 5.22 Å². The van der Waals surface area contributed by atoms with E-state index in [1.807, 2.05) is 30.3 Å². The number of furan rings is 1. The van der Waals surface area contributed by atoms with Crippen LogP contribution in [-0.4, -0.2) is 22.3 Å². The van der Waals surface area contributed by atoms with E-state index in [1.54, 1.807) is 17.0 Å². The van der Waals surface area contributed by atoms with E-state index in [4.69, 9.17) is 25.2 Å². The molecule has 0 spiro atoms. The van der Waals surface area contributed by atoms with Gasteiger partial charge >= 0.3 is 0 Å². The van der Waals surface area contributed by atoms with E-state index in [2.05, 4.69) is 4.98 Å². The molecule has 1 aliphatic heterocycles. The second-order valence-corrected chi connectivity index (χ2v) is 6.03. The molecule has 0 fully saturated rings. The number of halogens is 1. The predicted molar refractivity (Wildman–Crippen MR) is 89.4 cm³/mol. The maximum absolute atomic E-state index is 12.4. The highest BCUT2D eigenvalue weighted by atomic mass is 35.5. The molecule has 0 unspecified atom stereocenters. The van der Waals surface area contributed by atoms with Crippen LogP contribution in [0, 0.1) is 0 Å². The predicted octanol–water partition coefficient (Wildman–Crippen LogP) is 3.70. The number of hydrogen-bond acceptors (Lipinski definition) is 5. The highest BCUT2D eigenvalue weighted by Crippen LogP contribution is 2.23. The Morgan fingerprint density at radius 1 is 1.20 bits per heavy atom. The summed E-state index contributed by atoms with van der Waals surface area (Å²) in [5.74, 6) is 1.95. The number of ether oxygens (including phenoxy) is 1. The summed E-state index contributed by atoms with van der Waals surface area (Å²) < 4.78 is 16.6. The van der Waals surface area contributed by atoms with Gasteiger partial charge in [0.25, 0.3) is 5.91 Å². The first-order valence-electron chi connectivity index (χ1n) is 7.89. The lowest BCUT2D eigenvalue weighted by molar-refractivity contribution is 0.0686. The summed E-state index contributed by atoms with van der Waals surface area (Å²) in [5, 5.41) is 0.195. The first kappa shape index (κ1) is 15.8. The zero-order valence-corrected chi connectivity index (χ0v) is 14.0. The zero-order chi connectivity index (χ0) is 17.2. The van der Waals surface area contributed by atoms with Gasteiger partial charge in [-0.25, -0.2) is 4.98 Å². The highest BCUT2D eigenvalue weighted by Gasteiger charge is 2.27. The molecule has 0 N–H and O–H groups in total. The van der Waals surface area contributed by atoms with Gasteiger partial charge in [-0.2, -0.15) is 0 Å². The third-order valence-corrected chi connectivity index (χ3v) is 4.16. The lowest BCUT2D eigenvalue weighted by Crippen LogP contribution is -2.35. The Morgan fingerprint density at radius 2 is 2.04 bits per heavy atom. The van der Waals surface area contributed by atoms with E-state index in [1.165, 1.54) is 0 Å². The molecule has 0 aliphatic carbocycles. The Kier molecular flexibility index (Phi) is 4.19. The van der Waals surface area contributed by atoms with E-state index in [0.29, 0.717) is 31.2 Å². The summed E-state index contributed by atoms with van der Waals surface area (Å²) in [4.78, 5) is 18.5. The van der Waals surface area contributed by atoms with E-state index >= 15 is 0 Å². The molecule has 0 saturated carbocycles. The van der Waals surface area contributed by atoms with Gasteiger partial charge in [0.15, 0.2) is 17.6 Å². The number of nitrogens with zero attached hydrogens (tertiary/aromatic N) is 2. The maximum atomic E-state index is 12.4. The van der Waals surface area contributed by atoms with Gasteiger partial charge in [0, 0.05) is 13.0 Å². The summed E-state index contributed by atoms with van der Waals surface area (Å²) in [6, 6.07) is 12.6. The fourth-order valence-electron chi connectivity index (χ4n) is 2.73. The molecule has 0 radical (unpaired) electrons. The van der Waals surface area contributed by atoms with Crippen molar-refractivity contribution in [1.29, 1.82) is 0 Å². The largest absolute Gasteiger partial charge is 0.484 e. The Balaban J connectivity index is 1.43. The third kappa shape index (κ3) is 3.39. The van der Waals surface area contributed by atoms with E-state index < -0.39 is 0 Å². The van der Waals surface area contributed by atoms with Gasteiger partial charge in [-0.3, -0.25) is 4.79 Å². The van der Waals surface area contributed by atoms with Crippen LogP contribution in [0.5, 0.6) is 5.75 Å². The van der Waals surface area contributed by atoms with Gasteiger partial charge < -0.3 is 18.5 Å². The number of aromatic nitrogens is 1. The number of oxazole rings is 1. The number of carbonyl (C=O) groups excluding carboxylic acids is 1. The van der Waals surface area contributed by atoms with Crippen LogP contribution < -0.4 is 4.74 Å². The standard InChI is InChI=1S/C18H15ClN2O4/c19-16-7-6-14(24-16)18(22)21-9-8-13-15(10-21)25-17(20-13)11-23-12-4-2-1-3-5-12/h1-7H,8-11H2. The summed E-state index contributed by atoms with van der Waals surface area (Å²) in [7, 11) is 0. The Hall–Kier alpha value is -2.73. The molecule has 128 valence electrons. The molecule has 25 heavy (non-hydrogen) atoms. The van der Waals surface area contributed by atoms with Crippen LogP contribution in [-0.2, 0) is 19.6 Å². The number of carbonyl (C=O) groups is 1. The van der Waals surface area contributed by atoms with E-state index in [9.17, 15) is 4.79 Å². The van der Waals surface area contributed by atoms with E-state index in [-0.39, 0.29) is 23.5 Å². The van der Waals surface area contributed by atoms with Crippen molar-refractivity contribution in [3.63, 3.8) is 0 Å². The fraction of sp³-hybridized carbons (Fsp3) is 0.222. The first-order chi connectivity index (χ1) is 12.2. The molecule has 4 rings (SSSR count). The first-order valence-corrected chi connectivity index (χ1v) is 8.27. The lowest BCUT2D eigenvalue weighted by atomic mass is 10.1. The van der Waals surface area contributed by atoms with Gasteiger partial charge in [0.2, 0.25) is 5.89 Å². The lowest BCUT2D eigenvalue weighted by Gasteiger charge is -2.24. The summed E-state index contributed by atoms with van der Waals surface area (Å²) in [6.45, 7) is 1.15. The zero-order valence-electron chi connectivity index (χ0n) is 13.3. The minimum absolute atomic E-state index is 0.195. The topological polar surface area (TPSA) is 68.7 Å². The molecule has 3 aromatic rings. The van der Waals surface area contributed by atoms with Gasteiger partial charge in [-0.15, -0.1) is 0 Å². The molecule has 2 aromatic heterocycles. The van der Waals surface area contributed by atoms with Crippen molar-refractivity contribution in [2.45, 2.75) is 19.6 Å². The molecule has 6 nitrogen and oxygen atoms in total. The molecular weight excluding hydrogens is 344 g/mol. The molecule has 0 bridgehead atoms. The van der Waals surface area contributed by atoms with Crippen molar-refractivity contribution in [2.24, 2.45) is 0 Å². The Bertz CT molecular complexity index is 888. The third-order valence-electron chi connectivity index (χ3n) is 3.95. The summed E-state index contributed by atoms with van der Waals surface area (Å²) in [5.41, 5.74) is 0.869. The molecule has 3 heterocycles. The summed E-state index contributed by atoms with van der Waals surface area (Å²) >= 11 is 5.73. The molecular formula is C18H15ClN2O4. The van der Waals surface area contributed by atoms with Crippen molar-refractivity contribution in [3.05, 3.63) is 70.8 Å². The number of benzene rings is 1. The fourth-order valence-corrected chi connectivity index (χ4v) is 2.88. The van der Waals surface area contributed by atoms with Gasteiger partial charge in [-0.05, 0) is 35.9 Å². The molecule has 1 amide bonds. The number of fused-ring (bicyclic) bond motifs is 1. The number of amides is 1. The number of hydrogen-bond donors (Lipinski definition) is 0. The van der Waals surface area contributed by atoms with Crippen LogP contribution in [0.15, 0.2) is 51.3 Å². The van der Waals surface area contributed by atoms with Gasteiger partial charge in [-0.1, -0.05) is 18.2 Å². The average molecular weight is 359 g/mol. The van der Waals surface area contributed by atoms with Gasteiger partial charge in [0.05, 0.1) is 12.2 Å². The molecule has 0 atom stereocenters. The van der Waals surface area contributed by atoms with Crippen LogP contribution in [0.25, 0.3) is 0 Å². The molecule has 7 heteroatoms. The normalized spacial score (nSPS) is 13.6. The monoisotopic (exact) mass is 358 g/mol. The van der Waals surface area contributed by atoms with Crippen molar-refractivity contribution in [2.75, 3.05) is 6.54 Å². The van der Waals surface area contributed by atoms with Crippen molar-refractivity contribution in [3.8, 4) is 5.75 Å². The Morgan fingerprint density at radius 3 is 2.80 bits per heavy atom. The van der Waals surface area contributed by atoms with Crippen molar-refractivity contribution in [1.82, 2.24) is 9.88 Å². The van der Waals surface area contributed by atoms with E-state index in [0.717, 1.165) is 11.4 Å². The molecule has 0 saturated heterocycles. The van der Waals surface area contributed by atoms with Crippen molar-refractivity contribution >= 4 is 17.5 Å². The molecule has 1 aromatic carbocycles. The SMILES string of the molecule is O=C(c1ccc(Cl)o1)N1CCc2nc(COc3ccccc3)oc2C1. The van der Waals surface area contributed by atoms with Crippen LogP contribution in [0.3, 0.4) is 0 Å². The van der Waals surface area contributed by atoms with Crippen molar-refractivity contribution < 1.29 is 18.4 Å². The summed E-state index contributed by atoms with van der Waals surface area (Å²) in [6.07, 6.45) is 0.629. The second kappa shape index (κ2) is 6.64. The molecule has 1 aliphatic rings. The van der Waals surface area contributed by atoms with Crippen LogP contribution in [0.4, 0.5) is 0 Å². The quantitative estimate of drug-likeness (QED) is 0.711. The minimum Gasteiger partial charge on any atom is -0.484 e. The van der Waals surface area contributed by atoms with Gasteiger partial charge in [0.1, 0.15) is 11.5 Å². The smallest absolute Gasteiger partial charge is 0.290 e. The maximum Gasteiger partial charge on any atom is 0.290 e. The van der Waals surface area contributed by atoms with Crippen LogP contribution >= 0.6 is 11.6 Å². The second-order valence-electron chi connectivity index (χ2n) is 5.66. The minimum atomic E-state index is -0.212. The number of para-hydroxylation sites is 1. The Labute approximate surface area is 149 Å². The number of rotatable bonds is 4.